The highest BCUT2D eigenvalue weighted by molar-refractivity contribution is 7.92. The Morgan fingerprint density at radius 1 is 1.26 bits per heavy atom. The number of rotatable bonds is 10. The first-order valence-corrected chi connectivity index (χ1v) is 11.5. The van der Waals surface area contributed by atoms with Crippen LogP contribution in [0, 0.1) is 17.0 Å². The van der Waals surface area contributed by atoms with Crippen LogP contribution in [0.4, 0.5) is 11.4 Å². The molecule has 2 aromatic rings. The van der Waals surface area contributed by atoms with Crippen molar-refractivity contribution in [3.8, 4) is 5.75 Å². The van der Waals surface area contributed by atoms with Crippen molar-refractivity contribution in [3.05, 3.63) is 63.7 Å². The fourth-order valence-corrected chi connectivity index (χ4v) is 4.26. The number of hydrogen-bond acceptors (Lipinski definition) is 6. The molecule has 0 spiro atoms. The molecule has 0 heterocycles. The van der Waals surface area contributed by atoms with Gasteiger partial charge >= 0.3 is 0 Å². The molecular weight excluding hydrogens is 422 g/mol. The first kappa shape index (κ1) is 24.1. The first-order valence-electron chi connectivity index (χ1n) is 9.69. The molecule has 2 rings (SSSR count). The van der Waals surface area contributed by atoms with Crippen molar-refractivity contribution in [2.75, 3.05) is 24.2 Å². The number of para-hydroxylation sites is 1. The van der Waals surface area contributed by atoms with Crippen molar-refractivity contribution in [3.63, 3.8) is 0 Å². The van der Waals surface area contributed by atoms with E-state index in [0.29, 0.717) is 11.3 Å². The summed E-state index contributed by atoms with van der Waals surface area (Å²) in [7, 11) is -2.13. The molecule has 0 aliphatic rings. The van der Waals surface area contributed by atoms with E-state index in [1.165, 1.54) is 18.2 Å². The second-order valence-electron chi connectivity index (χ2n) is 7.20. The summed E-state index contributed by atoms with van der Waals surface area (Å²) >= 11 is 0. The van der Waals surface area contributed by atoms with Crippen LogP contribution >= 0.6 is 0 Å². The number of amides is 1. The van der Waals surface area contributed by atoms with Gasteiger partial charge in [-0.1, -0.05) is 24.3 Å². The number of ether oxygens (including phenoxy) is 1. The van der Waals surface area contributed by atoms with Gasteiger partial charge in [-0.3, -0.25) is 19.2 Å². The van der Waals surface area contributed by atoms with Crippen LogP contribution in [-0.4, -0.2) is 39.2 Å². The van der Waals surface area contributed by atoms with Crippen molar-refractivity contribution in [2.45, 2.75) is 32.7 Å². The third kappa shape index (κ3) is 6.42. The van der Waals surface area contributed by atoms with Gasteiger partial charge < -0.3 is 10.1 Å². The number of methoxy groups -OCH3 is 1. The number of nitro groups is 1. The summed E-state index contributed by atoms with van der Waals surface area (Å²) in [5.74, 6) is 0.433. The van der Waals surface area contributed by atoms with Crippen LogP contribution in [0.3, 0.4) is 0 Å². The largest absolute Gasteiger partial charge is 0.496 e. The molecule has 10 heteroatoms. The topological polar surface area (TPSA) is 119 Å². The predicted molar refractivity (Wildman–Crippen MR) is 119 cm³/mol. The fraction of sp³-hybridized carbons (Fsp3) is 0.381. The molecule has 1 amide bonds. The molecule has 2 aromatic carbocycles. The lowest BCUT2D eigenvalue weighted by atomic mass is 10.1. The molecule has 0 saturated carbocycles. The highest BCUT2D eigenvalue weighted by Gasteiger charge is 2.22. The molecule has 0 unspecified atom stereocenters. The lowest BCUT2D eigenvalue weighted by molar-refractivity contribution is -0.384. The molecule has 31 heavy (non-hydrogen) atoms. The molecule has 1 N–H and O–H groups in total. The number of sulfonamides is 1. The highest BCUT2D eigenvalue weighted by atomic mass is 32.2. The zero-order valence-corrected chi connectivity index (χ0v) is 18.8. The first-order chi connectivity index (χ1) is 14.5. The van der Waals surface area contributed by atoms with Crippen LogP contribution in [0.25, 0.3) is 0 Å². The average Bonchev–Trinajstić information content (AvgIpc) is 2.70. The SMILES string of the molecule is COc1ccccc1[C@H](C)NC(=O)CCCN(c1cc([N+](=O)[O-])ccc1C)S(C)(=O)=O. The summed E-state index contributed by atoms with van der Waals surface area (Å²) < 4.78 is 31.0. The minimum atomic E-state index is -3.69. The van der Waals surface area contributed by atoms with Gasteiger partial charge in [0.25, 0.3) is 5.69 Å². The monoisotopic (exact) mass is 449 g/mol. The number of hydrogen-bond donors (Lipinski definition) is 1. The third-order valence-corrected chi connectivity index (χ3v) is 6.00. The summed E-state index contributed by atoms with van der Waals surface area (Å²) in [6.45, 7) is 3.54. The average molecular weight is 450 g/mol. The van der Waals surface area contributed by atoms with Gasteiger partial charge in [0.2, 0.25) is 15.9 Å². The van der Waals surface area contributed by atoms with E-state index >= 15 is 0 Å². The maximum absolute atomic E-state index is 12.4. The van der Waals surface area contributed by atoms with Crippen LogP contribution in [0.1, 0.15) is 36.9 Å². The van der Waals surface area contributed by atoms with Crippen LogP contribution in [0.2, 0.25) is 0 Å². The number of anilines is 1. The number of nitro benzene ring substituents is 1. The predicted octanol–water partition coefficient (Wildman–Crippen LogP) is 3.34. The Labute approximate surface area is 182 Å². The maximum Gasteiger partial charge on any atom is 0.271 e. The molecule has 0 aliphatic carbocycles. The van der Waals surface area contributed by atoms with Crippen molar-refractivity contribution >= 4 is 27.3 Å². The number of aryl methyl sites for hydroxylation is 1. The van der Waals surface area contributed by atoms with Crippen molar-refractivity contribution in [1.82, 2.24) is 5.32 Å². The van der Waals surface area contributed by atoms with E-state index in [1.807, 2.05) is 31.2 Å². The van der Waals surface area contributed by atoms with Crippen LogP contribution in [0.5, 0.6) is 5.75 Å². The van der Waals surface area contributed by atoms with E-state index in [9.17, 15) is 23.3 Å². The van der Waals surface area contributed by atoms with E-state index in [1.54, 1.807) is 14.0 Å². The number of non-ortho nitro benzene ring substituents is 1. The van der Waals surface area contributed by atoms with Gasteiger partial charge in [-0.2, -0.15) is 0 Å². The van der Waals surface area contributed by atoms with E-state index in [4.69, 9.17) is 4.74 Å². The summed E-state index contributed by atoms with van der Waals surface area (Å²) in [6, 6.07) is 11.1. The third-order valence-electron chi connectivity index (χ3n) is 4.82. The summed E-state index contributed by atoms with van der Waals surface area (Å²) in [5, 5.41) is 14.0. The molecule has 0 radical (unpaired) electrons. The molecular formula is C21H27N3O6S. The quantitative estimate of drug-likeness (QED) is 0.439. The zero-order valence-electron chi connectivity index (χ0n) is 18.0. The lowest BCUT2D eigenvalue weighted by Crippen LogP contribution is -2.33. The minimum absolute atomic E-state index is 0.0251. The van der Waals surface area contributed by atoms with E-state index < -0.39 is 14.9 Å². The molecule has 0 saturated heterocycles. The Bertz CT molecular complexity index is 1050. The molecule has 0 bridgehead atoms. The van der Waals surface area contributed by atoms with Gasteiger partial charge in [-0.25, -0.2) is 8.42 Å². The lowest BCUT2D eigenvalue weighted by Gasteiger charge is -2.24. The van der Waals surface area contributed by atoms with Gasteiger partial charge in [0.1, 0.15) is 5.75 Å². The number of nitrogens with one attached hydrogen (secondary N) is 1. The molecule has 0 aliphatic heterocycles. The van der Waals surface area contributed by atoms with Crippen molar-refractivity contribution < 1.29 is 22.9 Å². The molecule has 0 fully saturated rings. The number of nitrogens with zero attached hydrogens (tertiary/aromatic N) is 2. The highest BCUT2D eigenvalue weighted by Crippen LogP contribution is 2.28. The Hall–Kier alpha value is -3.14. The van der Waals surface area contributed by atoms with E-state index in [0.717, 1.165) is 16.1 Å². The Morgan fingerprint density at radius 2 is 1.94 bits per heavy atom. The second kappa shape index (κ2) is 10.3. The van der Waals surface area contributed by atoms with Gasteiger partial charge in [0.15, 0.2) is 0 Å². The van der Waals surface area contributed by atoms with Gasteiger partial charge in [0, 0.05) is 30.7 Å². The summed E-state index contributed by atoms with van der Waals surface area (Å²) in [6.07, 6.45) is 1.38. The molecule has 9 nitrogen and oxygen atoms in total. The number of benzene rings is 2. The normalized spacial score (nSPS) is 12.1. The summed E-state index contributed by atoms with van der Waals surface area (Å²) in [5.41, 5.74) is 1.46. The van der Waals surface area contributed by atoms with Crippen molar-refractivity contribution in [2.24, 2.45) is 0 Å². The molecule has 0 aromatic heterocycles. The second-order valence-corrected chi connectivity index (χ2v) is 9.10. The Morgan fingerprint density at radius 3 is 2.55 bits per heavy atom. The summed E-state index contributed by atoms with van der Waals surface area (Å²) in [4.78, 5) is 22.9. The number of carbonyl (C=O) groups is 1. The Balaban J connectivity index is 2.06. The minimum Gasteiger partial charge on any atom is -0.496 e. The number of carbonyl (C=O) groups excluding carboxylic acids is 1. The maximum atomic E-state index is 12.4. The van der Waals surface area contributed by atoms with Gasteiger partial charge in [-0.15, -0.1) is 0 Å². The zero-order chi connectivity index (χ0) is 23.2. The van der Waals surface area contributed by atoms with E-state index in [2.05, 4.69) is 5.32 Å². The van der Waals surface area contributed by atoms with Crippen molar-refractivity contribution in [1.29, 1.82) is 0 Å². The molecule has 1 atom stereocenters. The fourth-order valence-electron chi connectivity index (χ4n) is 3.24. The van der Waals surface area contributed by atoms with Gasteiger partial charge in [0.05, 0.1) is 30.0 Å². The van der Waals surface area contributed by atoms with Gasteiger partial charge in [-0.05, 0) is 31.9 Å². The van der Waals surface area contributed by atoms with Crippen LogP contribution in [-0.2, 0) is 14.8 Å². The van der Waals surface area contributed by atoms with Crippen LogP contribution < -0.4 is 14.4 Å². The van der Waals surface area contributed by atoms with Crippen LogP contribution in [0.15, 0.2) is 42.5 Å². The Kier molecular flexibility index (Phi) is 7.98. The smallest absolute Gasteiger partial charge is 0.271 e. The molecule has 168 valence electrons. The standard InChI is InChI=1S/C21H27N3O6S/c1-15-11-12-17(24(26)27)14-19(15)23(31(4,28)29)13-7-10-21(25)22-16(2)18-8-5-6-9-20(18)30-3/h5-6,8-9,11-12,14,16H,7,10,13H2,1-4H3,(H,22,25)/t16-/m0/s1. The van der Waals surface area contributed by atoms with E-state index in [-0.39, 0.29) is 42.7 Å².